The van der Waals surface area contributed by atoms with Gasteiger partial charge in [0.25, 0.3) is 5.91 Å². The van der Waals surface area contributed by atoms with Gasteiger partial charge < -0.3 is 15.4 Å². The summed E-state index contributed by atoms with van der Waals surface area (Å²) in [6.45, 7) is 3.96. The van der Waals surface area contributed by atoms with Gasteiger partial charge in [0.15, 0.2) is 6.10 Å². The van der Waals surface area contributed by atoms with Gasteiger partial charge in [-0.25, -0.2) is 8.42 Å². The highest BCUT2D eigenvalue weighted by Crippen LogP contribution is 2.36. The number of nitrogens with zero attached hydrogens (tertiary/aromatic N) is 1. The molecule has 2 heterocycles. The van der Waals surface area contributed by atoms with E-state index in [0.29, 0.717) is 42.9 Å². The van der Waals surface area contributed by atoms with Crippen molar-refractivity contribution in [2.45, 2.75) is 75.8 Å². The van der Waals surface area contributed by atoms with E-state index in [2.05, 4.69) is 10.6 Å². The van der Waals surface area contributed by atoms with E-state index in [1.165, 1.54) is 16.8 Å². The maximum Gasteiger partial charge on any atom is 0.265 e. The summed E-state index contributed by atoms with van der Waals surface area (Å²) in [7, 11) is -3.72. The van der Waals surface area contributed by atoms with Crippen LogP contribution in [-0.4, -0.2) is 49.8 Å². The van der Waals surface area contributed by atoms with Crippen molar-refractivity contribution in [3.63, 3.8) is 0 Å². The molecule has 3 aliphatic rings. The van der Waals surface area contributed by atoms with Crippen LogP contribution in [0.25, 0.3) is 0 Å². The van der Waals surface area contributed by atoms with E-state index in [0.717, 1.165) is 25.7 Å². The zero-order valence-electron chi connectivity index (χ0n) is 18.1. The summed E-state index contributed by atoms with van der Waals surface area (Å²) < 4.78 is 33.7. The number of aryl methyl sites for hydroxylation is 1. The summed E-state index contributed by atoms with van der Waals surface area (Å²) in [5.74, 6) is 0.0264. The third kappa shape index (κ3) is 4.57. The van der Waals surface area contributed by atoms with E-state index in [1.54, 1.807) is 19.9 Å². The molecule has 170 valence electrons. The summed E-state index contributed by atoms with van der Waals surface area (Å²) in [6.07, 6.45) is 6.00. The largest absolute Gasteiger partial charge is 0.479 e. The smallest absolute Gasteiger partial charge is 0.265 e. The van der Waals surface area contributed by atoms with Crippen molar-refractivity contribution >= 4 is 27.5 Å². The molecule has 2 amide bonds. The van der Waals surface area contributed by atoms with Crippen LogP contribution >= 0.6 is 0 Å². The number of piperidine rings is 1. The number of nitrogens with one attached hydrogen (secondary N) is 2. The predicted octanol–water partition coefficient (Wildman–Crippen LogP) is 2.56. The Kier molecular flexibility index (Phi) is 6.25. The first-order valence-corrected chi connectivity index (χ1v) is 12.6. The SMILES string of the molecule is Cc1cc2c(cc1S(=O)(=O)N1CCC(C(=O)NC3CCCCC3)CC1)O[C@@H](C)C(=O)N2. The van der Waals surface area contributed by atoms with Crippen LogP contribution in [0.1, 0.15) is 57.4 Å². The first-order chi connectivity index (χ1) is 14.8. The van der Waals surface area contributed by atoms with E-state index in [1.807, 2.05) is 0 Å². The molecule has 1 saturated heterocycles. The van der Waals surface area contributed by atoms with Crippen molar-refractivity contribution in [2.75, 3.05) is 18.4 Å². The van der Waals surface area contributed by atoms with Crippen LogP contribution in [0.15, 0.2) is 17.0 Å². The Hall–Kier alpha value is -2.13. The minimum absolute atomic E-state index is 0.0621. The number of rotatable bonds is 4. The zero-order valence-corrected chi connectivity index (χ0v) is 19.0. The number of sulfonamides is 1. The quantitative estimate of drug-likeness (QED) is 0.735. The second-order valence-corrected chi connectivity index (χ2v) is 10.8. The van der Waals surface area contributed by atoms with Crippen molar-refractivity contribution in [1.82, 2.24) is 9.62 Å². The normalized spacial score (nSPS) is 23.5. The molecule has 0 aromatic heterocycles. The standard InChI is InChI=1S/C22H31N3O5S/c1-14-12-18-19(30-15(2)21(26)24-18)13-20(14)31(28,29)25-10-8-16(9-11-25)22(27)23-17-6-4-3-5-7-17/h12-13,15-17H,3-11H2,1-2H3,(H,23,27)(H,24,26)/t15-/m0/s1. The van der Waals surface area contributed by atoms with E-state index in [4.69, 9.17) is 4.74 Å². The van der Waals surface area contributed by atoms with Gasteiger partial charge in [-0.2, -0.15) is 4.31 Å². The number of hydrogen-bond donors (Lipinski definition) is 2. The number of amides is 2. The minimum atomic E-state index is -3.72. The maximum absolute atomic E-state index is 13.3. The molecule has 4 rings (SSSR count). The average molecular weight is 450 g/mol. The molecule has 1 atom stereocenters. The predicted molar refractivity (Wildman–Crippen MR) is 116 cm³/mol. The fraction of sp³-hybridized carbons (Fsp3) is 0.636. The summed E-state index contributed by atoms with van der Waals surface area (Å²) in [6, 6.07) is 3.40. The molecule has 2 aliphatic heterocycles. The van der Waals surface area contributed by atoms with Crippen molar-refractivity contribution in [2.24, 2.45) is 5.92 Å². The Morgan fingerprint density at radius 3 is 2.48 bits per heavy atom. The van der Waals surface area contributed by atoms with Crippen molar-refractivity contribution in [1.29, 1.82) is 0 Å². The molecule has 2 N–H and O–H groups in total. The van der Waals surface area contributed by atoms with Gasteiger partial charge in [-0.15, -0.1) is 0 Å². The Labute approximate surface area is 183 Å². The van der Waals surface area contributed by atoms with E-state index >= 15 is 0 Å². The van der Waals surface area contributed by atoms with Gasteiger partial charge in [0.05, 0.1) is 10.6 Å². The van der Waals surface area contributed by atoms with Crippen molar-refractivity contribution in [3.05, 3.63) is 17.7 Å². The van der Waals surface area contributed by atoms with Crippen LogP contribution in [0.3, 0.4) is 0 Å². The molecule has 1 aromatic carbocycles. The number of carbonyl (C=O) groups is 2. The molecule has 31 heavy (non-hydrogen) atoms. The summed E-state index contributed by atoms with van der Waals surface area (Å²) in [5.41, 5.74) is 1.03. The van der Waals surface area contributed by atoms with Crippen LogP contribution in [0, 0.1) is 12.8 Å². The maximum atomic E-state index is 13.3. The molecule has 0 bridgehead atoms. The topological polar surface area (TPSA) is 105 Å². The molecule has 1 aromatic rings. The summed E-state index contributed by atoms with van der Waals surface area (Å²) in [5, 5.41) is 5.91. The van der Waals surface area contributed by atoms with E-state index < -0.39 is 16.1 Å². The second kappa shape index (κ2) is 8.78. The summed E-state index contributed by atoms with van der Waals surface area (Å²) >= 11 is 0. The molecule has 0 unspecified atom stereocenters. The van der Waals surface area contributed by atoms with Crippen LogP contribution in [0.2, 0.25) is 0 Å². The van der Waals surface area contributed by atoms with Crippen LogP contribution < -0.4 is 15.4 Å². The molecule has 1 aliphatic carbocycles. The fourth-order valence-electron chi connectivity index (χ4n) is 4.68. The number of fused-ring (bicyclic) bond motifs is 1. The number of hydrogen-bond acceptors (Lipinski definition) is 5. The number of carbonyl (C=O) groups excluding carboxylic acids is 2. The lowest BCUT2D eigenvalue weighted by Crippen LogP contribution is -2.45. The number of ether oxygens (including phenoxy) is 1. The molecule has 9 heteroatoms. The zero-order chi connectivity index (χ0) is 22.2. The Morgan fingerprint density at radius 2 is 1.81 bits per heavy atom. The number of anilines is 1. The van der Waals surface area contributed by atoms with Crippen molar-refractivity contribution < 1.29 is 22.7 Å². The summed E-state index contributed by atoms with van der Waals surface area (Å²) in [4.78, 5) is 24.6. The van der Waals surface area contributed by atoms with Crippen LogP contribution in [0.4, 0.5) is 5.69 Å². The van der Waals surface area contributed by atoms with Gasteiger partial charge in [-0.1, -0.05) is 19.3 Å². The van der Waals surface area contributed by atoms with Crippen LogP contribution in [0.5, 0.6) is 5.75 Å². The Bertz CT molecular complexity index is 964. The third-order valence-electron chi connectivity index (χ3n) is 6.60. The Morgan fingerprint density at radius 1 is 1.13 bits per heavy atom. The minimum Gasteiger partial charge on any atom is -0.479 e. The molecular formula is C22H31N3O5S. The monoisotopic (exact) mass is 449 g/mol. The van der Waals surface area contributed by atoms with Gasteiger partial charge >= 0.3 is 0 Å². The molecule has 0 spiro atoms. The van der Waals surface area contributed by atoms with Gasteiger partial charge in [0.1, 0.15) is 5.75 Å². The van der Waals surface area contributed by atoms with E-state index in [-0.39, 0.29) is 28.7 Å². The second-order valence-electron chi connectivity index (χ2n) is 8.89. The lowest BCUT2D eigenvalue weighted by atomic mass is 9.93. The molecule has 8 nitrogen and oxygen atoms in total. The average Bonchev–Trinajstić information content (AvgIpc) is 2.75. The lowest BCUT2D eigenvalue weighted by Gasteiger charge is -2.33. The molecule has 1 saturated carbocycles. The van der Waals surface area contributed by atoms with Gasteiger partial charge in [-0.3, -0.25) is 9.59 Å². The third-order valence-corrected chi connectivity index (χ3v) is 8.64. The first-order valence-electron chi connectivity index (χ1n) is 11.2. The van der Waals surface area contributed by atoms with Gasteiger partial charge in [-0.05, 0) is 51.2 Å². The van der Waals surface area contributed by atoms with Gasteiger partial charge in [0.2, 0.25) is 15.9 Å². The highest BCUT2D eigenvalue weighted by molar-refractivity contribution is 7.89. The van der Waals surface area contributed by atoms with Crippen LogP contribution in [-0.2, 0) is 19.6 Å². The number of benzene rings is 1. The highest BCUT2D eigenvalue weighted by atomic mass is 32.2. The van der Waals surface area contributed by atoms with Gasteiger partial charge in [0, 0.05) is 31.1 Å². The molecule has 0 radical (unpaired) electrons. The highest BCUT2D eigenvalue weighted by Gasteiger charge is 2.35. The molecular weight excluding hydrogens is 418 g/mol. The fourth-order valence-corrected chi connectivity index (χ4v) is 6.38. The van der Waals surface area contributed by atoms with Crippen molar-refractivity contribution in [3.8, 4) is 5.75 Å². The Balaban J connectivity index is 1.43. The van der Waals surface area contributed by atoms with E-state index in [9.17, 15) is 18.0 Å². The lowest BCUT2D eigenvalue weighted by molar-refractivity contribution is -0.127. The molecule has 2 fully saturated rings. The first kappa shape index (κ1) is 22.1.